The van der Waals surface area contributed by atoms with Crippen molar-refractivity contribution < 1.29 is 39.9 Å². The number of Topliss-reactive ketones (excluding diaryl/α,β-unsaturated/α-hetero) is 1. The first-order valence-corrected chi connectivity index (χ1v) is 14.0. The lowest BCUT2D eigenvalue weighted by molar-refractivity contribution is -0.274. The highest BCUT2D eigenvalue weighted by Crippen LogP contribution is 2.45. The van der Waals surface area contributed by atoms with E-state index in [2.05, 4.69) is 15.0 Å². The number of aryl methyl sites for hydroxylation is 1. The van der Waals surface area contributed by atoms with Crippen molar-refractivity contribution in [3.05, 3.63) is 35.0 Å². The van der Waals surface area contributed by atoms with Crippen molar-refractivity contribution in [2.45, 2.75) is 61.4 Å². The van der Waals surface area contributed by atoms with Gasteiger partial charge in [-0.2, -0.15) is 4.31 Å². The Hall–Kier alpha value is -2.07. The van der Waals surface area contributed by atoms with Gasteiger partial charge in [0.05, 0.1) is 16.8 Å². The summed E-state index contributed by atoms with van der Waals surface area (Å²) in [6.45, 7) is 0.569. The van der Waals surface area contributed by atoms with E-state index >= 15 is 0 Å². The highest BCUT2D eigenvalue weighted by Gasteiger charge is 2.48. The molecule has 1 aliphatic carbocycles. The SMILES string of the molecule is Cl.Cn1cc(S(=O)(=O)N2CCN(C3(CCC(=O)c4c(Cl)cccc4OC(F)(F)F)CCC(F)(F)CC3)CC2)nn1. The van der Waals surface area contributed by atoms with Crippen molar-refractivity contribution in [2.75, 3.05) is 26.2 Å². The molecule has 0 amide bonds. The van der Waals surface area contributed by atoms with Gasteiger partial charge in [-0.1, -0.05) is 22.9 Å². The number of piperazine rings is 1. The van der Waals surface area contributed by atoms with Gasteiger partial charge in [0.1, 0.15) is 5.75 Å². The van der Waals surface area contributed by atoms with Crippen molar-refractivity contribution in [3.8, 4) is 5.75 Å². The van der Waals surface area contributed by atoms with Crippen molar-refractivity contribution in [3.63, 3.8) is 0 Å². The quantitative estimate of drug-likeness (QED) is 0.306. The predicted octanol–water partition coefficient (Wildman–Crippen LogP) is 4.71. The number of hydrogen-bond donors (Lipinski definition) is 0. The van der Waals surface area contributed by atoms with Crippen LogP contribution >= 0.6 is 24.0 Å². The van der Waals surface area contributed by atoms with Gasteiger partial charge < -0.3 is 4.74 Å². The molecule has 2 aliphatic rings. The minimum Gasteiger partial charge on any atom is -0.405 e. The third-order valence-corrected chi connectivity index (χ3v) is 9.38. The minimum atomic E-state index is -5.04. The molecule has 9 nitrogen and oxygen atoms in total. The number of nitrogens with zero attached hydrogens (tertiary/aromatic N) is 5. The van der Waals surface area contributed by atoms with Crippen LogP contribution in [0, 0.1) is 0 Å². The van der Waals surface area contributed by atoms with Crippen LogP contribution in [0.15, 0.2) is 29.4 Å². The molecule has 0 unspecified atom stereocenters. The van der Waals surface area contributed by atoms with E-state index in [1.54, 1.807) is 0 Å². The number of rotatable bonds is 8. The molecule has 0 spiro atoms. The Balaban J connectivity index is 0.00000441. The van der Waals surface area contributed by atoms with E-state index < -0.39 is 57.8 Å². The van der Waals surface area contributed by atoms with Crippen molar-refractivity contribution in [1.29, 1.82) is 0 Å². The van der Waals surface area contributed by atoms with E-state index in [9.17, 15) is 35.2 Å². The van der Waals surface area contributed by atoms with Crippen LogP contribution in [-0.4, -0.2) is 82.4 Å². The second-order valence-corrected chi connectivity index (χ2v) is 12.1. The zero-order valence-electron chi connectivity index (χ0n) is 21.3. The second kappa shape index (κ2) is 12.0. The molecular formula is C23H28Cl2F5N5O4S. The van der Waals surface area contributed by atoms with Gasteiger partial charge >= 0.3 is 6.36 Å². The number of carbonyl (C=O) groups excluding carboxylic acids is 1. The Labute approximate surface area is 239 Å². The van der Waals surface area contributed by atoms with Gasteiger partial charge in [-0.05, 0) is 31.4 Å². The Morgan fingerprint density at radius 1 is 1.10 bits per heavy atom. The summed E-state index contributed by atoms with van der Waals surface area (Å²) in [5, 5.41) is 6.91. The number of halogens is 7. The molecule has 1 aromatic heterocycles. The lowest BCUT2D eigenvalue weighted by atomic mass is 9.74. The van der Waals surface area contributed by atoms with Gasteiger partial charge in [-0.15, -0.1) is 30.7 Å². The molecule has 2 fully saturated rings. The molecule has 0 atom stereocenters. The van der Waals surface area contributed by atoms with Crippen LogP contribution in [0.2, 0.25) is 5.02 Å². The van der Waals surface area contributed by atoms with Crippen LogP contribution < -0.4 is 4.74 Å². The van der Waals surface area contributed by atoms with E-state index in [1.165, 1.54) is 34.4 Å². The first-order valence-electron chi connectivity index (χ1n) is 12.2. The number of sulfonamides is 1. The van der Waals surface area contributed by atoms with Gasteiger partial charge in [0, 0.05) is 58.0 Å². The highest BCUT2D eigenvalue weighted by molar-refractivity contribution is 7.89. The van der Waals surface area contributed by atoms with Crippen LogP contribution in [0.1, 0.15) is 48.9 Å². The number of benzene rings is 1. The van der Waals surface area contributed by atoms with E-state index in [4.69, 9.17) is 11.6 Å². The molecule has 17 heteroatoms. The molecule has 0 bridgehead atoms. The van der Waals surface area contributed by atoms with Crippen LogP contribution in [-0.2, 0) is 17.1 Å². The number of hydrogen-bond acceptors (Lipinski definition) is 7. The third-order valence-electron chi connectivity index (χ3n) is 7.30. The summed E-state index contributed by atoms with van der Waals surface area (Å²) in [6, 6.07) is 3.48. The molecule has 224 valence electrons. The smallest absolute Gasteiger partial charge is 0.405 e. The summed E-state index contributed by atoms with van der Waals surface area (Å²) >= 11 is 6.05. The zero-order chi connectivity index (χ0) is 28.6. The average Bonchev–Trinajstić information content (AvgIpc) is 3.30. The normalized spacial score (nSPS) is 20.1. The molecule has 4 rings (SSSR count). The van der Waals surface area contributed by atoms with E-state index in [1.807, 2.05) is 4.90 Å². The first-order chi connectivity index (χ1) is 18.1. The summed E-state index contributed by atoms with van der Waals surface area (Å²) < 4.78 is 99.3. The molecule has 40 heavy (non-hydrogen) atoms. The van der Waals surface area contributed by atoms with Crippen LogP contribution in [0.3, 0.4) is 0 Å². The fraction of sp³-hybridized carbons (Fsp3) is 0.609. The molecule has 1 saturated carbocycles. The van der Waals surface area contributed by atoms with Crippen molar-refractivity contribution >= 4 is 39.8 Å². The van der Waals surface area contributed by atoms with Crippen molar-refractivity contribution in [2.24, 2.45) is 7.05 Å². The fourth-order valence-corrected chi connectivity index (χ4v) is 6.85. The Morgan fingerprint density at radius 2 is 1.73 bits per heavy atom. The summed E-state index contributed by atoms with van der Waals surface area (Å²) in [7, 11) is -2.37. The van der Waals surface area contributed by atoms with Gasteiger partial charge in [0.25, 0.3) is 10.0 Å². The lowest BCUT2D eigenvalue weighted by Crippen LogP contribution is -2.59. The summed E-state index contributed by atoms with van der Waals surface area (Å²) in [6.07, 6.45) is -4.71. The summed E-state index contributed by atoms with van der Waals surface area (Å²) in [4.78, 5) is 15.0. The topological polar surface area (TPSA) is 97.6 Å². The van der Waals surface area contributed by atoms with Gasteiger partial charge in [-0.25, -0.2) is 17.2 Å². The molecule has 1 aliphatic heterocycles. The monoisotopic (exact) mass is 635 g/mol. The van der Waals surface area contributed by atoms with Gasteiger partial charge in [0.15, 0.2) is 5.78 Å². The maximum absolute atomic E-state index is 14.1. The molecule has 1 aromatic carbocycles. The first kappa shape index (κ1) is 32.4. The predicted molar refractivity (Wildman–Crippen MR) is 136 cm³/mol. The largest absolute Gasteiger partial charge is 0.573 e. The molecule has 0 radical (unpaired) electrons. The maximum Gasteiger partial charge on any atom is 0.573 e. The second-order valence-electron chi connectivity index (χ2n) is 9.79. The molecule has 2 heterocycles. The summed E-state index contributed by atoms with van der Waals surface area (Å²) in [5.74, 6) is -4.31. The van der Waals surface area contributed by atoms with Crippen LogP contribution in [0.4, 0.5) is 22.0 Å². The molecule has 2 aromatic rings. The number of ketones is 1. The highest BCUT2D eigenvalue weighted by atomic mass is 35.5. The lowest BCUT2D eigenvalue weighted by Gasteiger charge is -2.50. The fourth-order valence-electron chi connectivity index (χ4n) is 5.24. The van der Waals surface area contributed by atoms with E-state index in [0.717, 1.165) is 6.07 Å². The number of aromatic nitrogens is 3. The molecule has 0 N–H and O–H groups in total. The Morgan fingerprint density at radius 3 is 2.27 bits per heavy atom. The number of alkyl halides is 5. The van der Waals surface area contributed by atoms with Crippen LogP contribution in [0.5, 0.6) is 5.75 Å². The van der Waals surface area contributed by atoms with Gasteiger partial charge in [-0.3, -0.25) is 14.4 Å². The van der Waals surface area contributed by atoms with E-state index in [0.29, 0.717) is 0 Å². The standard InChI is InChI=1S/C23H27ClF5N5O4S.ClH/c1-32-15-19(30-31-32)39(36,37)34-13-11-33(12-14-34)21(7-9-22(25,26)10-8-21)6-5-17(35)20-16(24)3-2-4-18(20)38-23(27,28)29;/h2-4,15H,5-14H2,1H3;1H. The number of carbonyl (C=O) groups is 1. The average molecular weight is 636 g/mol. The number of ether oxygens (including phenoxy) is 1. The Bertz CT molecular complexity index is 1310. The van der Waals surface area contributed by atoms with Crippen LogP contribution in [0.25, 0.3) is 0 Å². The maximum atomic E-state index is 14.1. The Kier molecular flexibility index (Phi) is 9.76. The molecular weight excluding hydrogens is 608 g/mol. The zero-order valence-corrected chi connectivity index (χ0v) is 23.7. The third kappa shape index (κ3) is 7.22. The summed E-state index contributed by atoms with van der Waals surface area (Å²) in [5.41, 5.74) is -1.29. The van der Waals surface area contributed by atoms with Crippen molar-refractivity contribution in [1.82, 2.24) is 24.2 Å². The molecule has 1 saturated heterocycles. The van der Waals surface area contributed by atoms with Gasteiger partial charge in [0.2, 0.25) is 10.9 Å². The minimum absolute atomic E-state index is 0. The van der Waals surface area contributed by atoms with E-state index in [-0.39, 0.29) is 74.3 Å².